The maximum atomic E-state index is 6.74. The Bertz CT molecular complexity index is 1200. The number of fused-ring (bicyclic) bond motifs is 1. The van der Waals surface area contributed by atoms with Crippen LogP contribution in [0.5, 0.6) is 5.75 Å². The number of ether oxygens (including phenoxy) is 1. The molecule has 1 aromatic carbocycles. The molecule has 3 aromatic rings. The van der Waals surface area contributed by atoms with Crippen LogP contribution >= 0.6 is 23.4 Å². The Morgan fingerprint density at radius 2 is 1.94 bits per heavy atom. The third-order valence-electron chi connectivity index (χ3n) is 6.81. The van der Waals surface area contributed by atoms with Gasteiger partial charge in [-0.25, -0.2) is 15.0 Å². The van der Waals surface area contributed by atoms with Gasteiger partial charge in [0.25, 0.3) is 0 Å². The van der Waals surface area contributed by atoms with Gasteiger partial charge in [0.1, 0.15) is 22.4 Å². The van der Waals surface area contributed by atoms with Gasteiger partial charge in [0.15, 0.2) is 5.82 Å². The van der Waals surface area contributed by atoms with E-state index in [0.717, 1.165) is 48.8 Å². The van der Waals surface area contributed by atoms with Gasteiger partial charge >= 0.3 is 0 Å². The zero-order valence-electron chi connectivity index (χ0n) is 18.3. The van der Waals surface area contributed by atoms with Crippen molar-refractivity contribution in [3.05, 3.63) is 52.8 Å². The van der Waals surface area contributed by atoms with E-state index >= 15 is 0 Å². The van der Waals surface area contributed by atoms with E-state index in [1.165, 1.54) is 22.9 Å². The number of benzene rings is 1. The third-order valence-corrected chi connectivity index (χ3v) is 8.39. The summed E-state index contributed by atoms with van der Waals surface area (Å²) >= 11 is 7.57. The summed E-state index contributed by atoms with van der Waals surface area (Å²) in [5.74, 6) is 2.30. The zero-order chi connectivity index (χ0) is 23.2. The summed E-state index contributed by atoms with van der Waals surface area (Å²) in [6, 6.07) is 8.05. The van der Waals surface area contributed by atoms with Crippen molar-refractivity contribution in [2.45, 2.75) is 35.2 Å². The van der Waals surface area contributed by atoms with Gasteiger partial charge in [-0.1, -0.05) is 29.4 Å². The molecule has 1 aliphatic heterocycles. The molecule has 0 amide bonds. The number of nitrogens with two attached hydrogens (primary N) is 3. The highest BCUT2D eigenvalue weighted by molar-refractivity contribution is 7.99. The molecule has 0 bridgehead atoms. The number of anilines is 3. The average molecular weight is 484 g/mol. The summed E-state index contributed by atoms with van der Waals surface area (Å²) in [6.07, 6.45) is 6.31. The highest BCUT2D eigenvalue weighted by atomic mass is 35.5. The lowest BCUT2D eigenvalue weighted by Crippen LogP contribution is -2.44. The number of rotatable bonds is 4. The first kappa shape index (κ1) is 22.1. The van der Waals surface area contributed by atoms with Crippen LogP contribution in [0.15, 0.2) is 46.6 Å². The molecule has 1 spiro atoms. The minimum atomic E-state index is 0.0352. The van der Waals surface area contributed by atoms with Crippen LogP contribution in [0.25, 0.3) is 0 Å². The summed E-state index contributed by atoms with van der Waals surface area (Å²) < 4.78 is 5.40. The van der Waals surface area contributed by atoms with Crippen molar-refractivity contribution in [2.75, 3.05) is 36.6 Å². The molecule has 1 fully saturated rings. The molecule has 6 N–H and O–H groups in total. The molecular formula is C23H26ClN7OS. The average Bonchev–Trinajstić information content (AvgIpc) is 3.09. The maximum Gasteiger partial charge on any atom is 0.158 e. The van der Waals surface area contributed by atoms with E-state index in [-0.39, 0.29) is 17.3 Å². The number of methoxy groups -OCH3 is 1. The number of hydrogen-bond acceptors (Lipinski definition) is 9. The molecule has 2 aliphatic rings. The Balaban J connectivity index is 1.29. The van der Waals surface area contributed by atoms with Crippen molar-refractivity contribution < 1.29 is 4.74 Å². The van der Waals surface area contributed by atoms with Crippen LogP contribution in [0.3, 0.4) is 0 Å². The smallest absolute Gasteiger partial charge is 0.158 e. The van der Waals surface area contributed by atoms with E-state index in [2.05, 4.69) is 32.0 Å². The summed E-state index contributed by atoms with van der Waals surface area (Å²) in [5, 5.41) is 0.975. The summed E-state index contributed by atoms with van der Waals surface area (Å²) in [6.45, 7) is 1.71. The van der Waals surface area contributed by atoms with Crippen LogP contribution in [-0.2, 0) is 6.42 Å². The molecule has 0 unspecified atom stereocenters. The molecule has 5 rings (SSSR count). The molecule has 3 heterocycles. The van der Waals surface area contributed by atoms with Gasteiger partial charge in [-0.3, -0.25) is 0 Å². The predicted molar refractivity (Wildman–Crippen MR) is 132 cm³/mol. The fraction of sp³-hybridized carbons (Fsp3) is 0.348. The monoisotopic (exact) mass is 483 g/mol. The van der Waals surface area contributed by atoms with E-state index in [0.29, 0.717) is 15.9 Å². The molecule has 1 aliphatic carbocycles. The van der Waals surface area contributed by atoms with E-state index in [9.17, 15) is 0 Å². The highest BCUT2D eigenvalue weighted by Gasteiger charge is 2.46. The van der Waals surface area contributed by atoms with Crippen LogP contribution in [0.4, 0.5) is 17.5 Å². The predicted octanol–water partition coefficient (Wildman–Crippen LogP) is 3.69. The van der Waals surface area contributed by atoms with Crippen molar-refractivity contribution in [1.29, 1.82) is 0 Å². The minimum Gasteiger partial charge on any atom is -0.497 e. The molecule has 2 aromatic heterocycles. The van der Waals surface area contributed by atoms with E-state index in [4.69, 9.17) is 33.5 Å². The fourth-order valence-electron chi connectivity index (χ4n) is 4.89. The molecule has 172 valence electrons. The molecule has 8 nitrogen and oxygen atoms in total. The van der Waals surface area contributed by atoms with Gasteiger partial charge < -0.3 is 26.8 Å². The second kappa shape index (κ2) is 8.55. The molecule has 10 heteroatoms. The molecule has 0 saturated carbocycles. The van der Waals surface area contributed by atoms with Gasteiger partial charge in [0, 0.05) is 30.2 Å². The van der Waals surface area contributed by atoms with Gasteiger partial charge in [0.05, 0.1) is 18.3 Å². The number of nitrogens with zero attached hydrogens (tertiary/aromatic N) is 4. The van der Waals surface area contributed by atoms with Crippen molar-refractivity contribution in [1.82, 2.24) is 15.0 Å². The van der Waals surface area contributed by atoms with Crippen LogP contribution in [-0.4, -0.2) is 35.2 Å². The lowest BCUT2D eigenvalue weighted by molar-refractivity contribution is 0.187. The fourth-order valence-corrected chi connectivity index (χ4v) is 5.91. The lowest BCUT2D eigenvalue weighted by atomic mass is 9.73. The van der Waals surface area contributed by atoms with Gasteiger partial charge in [-0.15, -0.1) is 0 Å². The number of halogens is 1. The van der Waals surface area contributed by atoms with Crippen molar-refractivity contribution in [2.24, 2.45) is 11.1 Å². The maximum absolute atomic E-state index is 6.74. The van der Waals surface area contributed by atoms with Crippen molar-refractivity contribution in [3.8, 4) is 5.75 Å². The second-order valence-corrected chi connectivity index (χ2v) is 10.0. The molecular weight excluding hydrogens is 458 g/mol. The van der Waals surface area contributed by atoms with Crippen molar-refractivity contribution in [3.63, 3.8) is 0 Å². The zero-order valence-corrected chi connectivity index (χ0v) is 19.9. The molecule has 1 saturated heterocycles. The Hall–Kier alpha value is -2.75. The third kappa shape index (κ3) is 3.94. The summed E-state index contributed by atoms with van der Waals surface area (Å²) in [5.41, 5.74) is 21.4. The largest absolute Gasteiger partial charge is 0.497 e. The van der Waals surface area contributed by atoms with Crippen LogP contribution < -0.4 is 26.8 Å². The lowest BCUT2D eigenvalue weighted by Gasteiger charge is -2.42. The Kier molecular flexibility index (Phi) is 5.72. The first-order chi connectivity index (χ1) is 15.9. The van der Waals surface area contributed by atoms with E-state index in [1.807, 2.05) is 6.07 Å². The summed E-state index contributed by atoms with van der Waals surface area (Å²) in [7, 11) is 1.70. The normalized spacial score (nSPS) is 19.0. The quantitative estimate of drug-likeness (QED) is 0.508. The number of piperidine rings is 1. The molecule has 0 radical (unpaired) electrons. The first-order valence-electron chi connectivity index (χ1n) is 10.8. The van der Waals surface area contributed by atoms with E-state index < -0.39 is 0 Å². The van der Waals surface area contributed by atoms with E-state index in [1.54, 1.807) is 25.6 Å². The number of aromatic nitrogens is 3. The topological polar surface area (TPSA) is 129 Å². The molecule has 1 atom stereocenters. The standard InChI is InChI=1S/C23H26ClN7OS/c1-32-14-2-3-15-13(10-14)11-23(19(15)25)5-8-31(9-6-23)17-12-29-22(21(27)30-17)33-16-4-7-28-20(26)18(16)24/h2-4,7,10,12,19H,5-6,8-9,11,25H2,1H3,(H2,26,28)(H2,27,30)/t19-/m1/s1. The minimum absolute atomic E-state index is 0.0352. The number of hydrogen-bond donors (Lipinski definition) is 3. The Morgan fingerprint density at radius 3 is 2.67 bits per heavy atom. The SMILES string of the molecule is COc1ccc2c(c1)CC1(CCN(c3cnc(Sc4ccnc(N)c4Cl)c(N)n3)CC1)[C@@H]2N. The van der Waals surface area contributed by atoms with Crippen LogP contribution in [0.2, 0.25) is 5.02 Å². The Morgan fingerprint density at radius 1 is 1.15 bits per heavy atom. The van der Waals surface area contributed by atoms with Gasteiger partial charge in [-0.05, 0) is 54.0 Å². The summed E-state index contributed by atoms with van der Waals surface area (Å²) in [4.78, 5) is 16.1. The number of pyridine rings is 1. The number of nitrogen functional groups attached to an aromatic ring is 2. The van der Waals surface area contributed by atoms with Crippen LogP contribution in [0.1, 0.15) is 30.0 Å². The Labute approximate surface area is 201 Å². The van der Waals surface area contributed by atoms with Gasteiger partial charge in [0.2, 0.25) is 0 Å². The van der Waals surface area contributed by atoms with Gasteiger partial charge in [-0.2, -0.15) is 0 Å². The van der Waals surface area contributed by atoms with Crippen LogP contribution in [0, 0.1) is 5.41 Å². The highest BCUT2D eigenvalue weighted by Crippen LogP contribution is 2.51. The first-order valence-corrected chi connectivity index (χ1v) is 12.0. The van der Waals surface area contributed by atoms with Crippen molar-refractivity contribution >= 4 is 40.8 Å². The second-order valence-electron chi connectivity index (χ2n) is 8.60. The molecule has 33 heavy (non-hydrogen) atoms.